The van der Waals surface area contributed by atoms with Crippen LogP contribution in [0.3, 0.4) is 0 Å². The molecule has 0 saturated heterocycles. The van der Waals surface area contributed by atoms with Gasteiger partial charge in [0.15, 0.2) is 0 Å². The topological polar surface area (TPSA) is 90.3 Å². The molecule has 1 saturated carbocycles. The first-order valence-electron chi connectivity index (χ1n) is 11.4. The molecule has 0 bridgehead atoms. The molecule has 0 spiro atoms. The van der Waals surface area contributed by atoms with Gasteiger partial charge < -0.3 is 10.1 Å². The Labute approximate surface area is 213 Å². The Morgan fingerprint density at radius 3 is 2.61 bits per heavy atom. The van der Waals surface area contributed by atoms with Crippen LogP contribution < -0.4 is 10.9 Å². The van der Waals surface area contributed by atoms with Crippen LogP contribution in [0.2, 0.25) is 5.02 Å². The zero-order chi connectivity index (χ0) is 26.2. The fourth-order valence-corrected chi connectivity index (χ4v) is 5.34. The largest absolute Gasteiger partial charge is 0.458 e. The Hall–Kier alpha value is -2.92. The van der Waals surface area contributed by atoms with Crippen LogP contribution in [-0.4, -0.2) is 27.5 Å². The molecule has 36 heavy (non-hydrogen) atoms. The molecular weight excluding hydrogens is 519 g/mol. The molecule has 1 atom stereocenters. The van der Waals surface area contributed by atoms with Crippen molar-refractivity contribution in [1.82, 2.24) is 9.55 Å². The molecule has 2 aromatic heterocycles. The van der Waals surface area contributed by atoms with Crippen molar-refractivity contribution in [1.29, 1.82) is 0 Å². The molecular formula is C24H23ClF3N3O4S. The number of carbonyl (C=O) groups is 2. The minimum Gasteiger partial charge on any atom is -0.458 e. The lowest BCUT2D eigenvalue weighted by molar-refractivity contribution is -0.137. The average molecular weight is 542 g/mol. The van der Waals surface area contributed by atoms with Crippen LogP contribution in [0.25, 0.3) is 10.2 Å². The first-order valence-corrected chi connectivity index (χ1v) is 12.6. The second-order valence-electron chi connectivity index (χ2n) is 8.72. The Morgan fingerprint density at radius 2 is 1.94 bits per heavy atom. The van der Waals surface area contributed by atoms with E-state index in [4.69, 9.17) is 16.3 Å². The summed E-state index contributed by atoms with van der Waals surface area (Å²) in [6.45, 7) is 3.03. The van der Waals surface area contributed by atoms with Crippen molar-refractivity contribution in [3.63, 3.8) is 0 Å². The number of benzene rings is 1. The highest BCUT2D eigenvalue weighted by Gasteiger charge is 2.31. The van der Waals surface area contributed by atoms with Gasteiger partial charge in [-0.05, 0) is 63.3 Å². The van der Waals surface area contributed by atoms with E-state index in [0.717, 1.165) is 66.2 Å². The number of ether oxygens (including phenoxy) is 1. The summed E-state index contributed by atoms with van der Waals surface area (Å²) < 4.78 is 45.8. The Morgan fingerprint density at radius 1 is 1.25 bits per heavy atom. The third-order valence-corrected chi connectivity index (χ3v) is 7.74. The van der Waals surface area contributed by atoms with Crippen LogP contribution in [0.5, 0.6) is 0 Å². The van der Waals surface area contributed by atoms with Crippen LogP contribution in [0.4, 0.5) is 18.9 Å². The molecule has 1 aliphatic carbocycles. The van der Waals surface area contributed by atoms with Gasteiger partial charge in [0.05, 0.1) is 28.0 Å². The standard InChI is InChI=1S/C24H23ClF3N3O4S/c1-12-18-21(36-19(12)23(34)35-15-6-4-3-5-7-15)29-11-31(22(18)33)13(2)20(32)30-17-10-14(24(26,27)28)8-9-16(17)25/h8-11,13,15H,3-7H2,1-2H3,(H,30,32). The van der Waals surface area contributed by atoms with Crippen LogP contribution in [0.15, 0.2) is 29.3 Å². The van der Waals surface area contributed by atoms with Crippen molar-refractivity contribution < 1.29 is 27.5 Å². The number of esters is 1. The van der Waals surface area contributed by atoms with Crippen molar-refractivity contribution in [3.05, 3.63) is 55.9 Å². The number of hydrogen-bond donors (Lipinski definition) is 1. The highest BCUT2D eigenvalue weighted by Crippen LogP contribution is 2.34. The van der Waals surface area contributed by atoms with Gasteiger partial charge in [0.1, 0.15) is 21.9 Å². The molecule has 1 amide bonds. The number of nitrogens with one attached hydrogen (secondary N) is 1. The number of halogens is 4. The van der Waals surface area contributed by atoms with Gasteiger partial charge in [-0.3, -0.25) is 14.2 Å². The minimum atomic E-state index is -4.62. The predicted molar refractivity (Wildman–Crippen MR) is 131 cm³/mol. The van der Waals surface area contributed by atoms with Gasteiger partial charge in [-0.2, -0.15) is 13.2 Å². The average Bonchev–Trinajstić information content (AvgIpc) is 3.17. The number of hydrogen-bond acceptors (Lipinski definition) is 6. The molecule has 1 aromatic carbocycles. The monoisotopic (exact) mass is 541 g/mol. The summed E-state index contributed by atoms with van der Waals surface area (Å²) in [5, 5.41) is 2.46. The smallest absolute Gasteiger partial charge is 0.416 e. The first kappa shape index (κ1) is 26.2. The van der Waals surface area contributed by atoms with E-state index in [1.54, 1.807) is 6.92 Å². The molecule has 7 nitrogen and oxygen atoms in total. The van der Waals surface area contributed by atoms with E-state index >= 15 is 0 Å². The van der Waals surface area contributed by atoms with Gasteiger partial charge in [0.25, 0.3) is 5.56 Å². The molecule has 0 radical (unpaired) electrons. The molecule has 0 aliphatic heterocycles. The number of alkyl halides is 3. The third-order valence-electron chi connectivity index (χ3n) is 6.24. The number of amides is 1. The van der Waals surface area contributed by atoms with E-state index in [9.17, 15) is 27.6 Å². The first-order chi connectivity index (χ1) is 17.0. The molecule has 4 rings (SSSR count). The number of fused-ring (bicyclic) bond motifs is 1. The summed E-state index contributed by atoms with van der Waals surface area (Å²) in [4.78, 5) is 43.7. The molecule has 1 unspecified atom stereocenters. The lowest BCUT2D eigenvalue weighted by atomic mass is 9.98. The molecule has 1 fully saturated rings. The number of aryl methyl sites for hydroxylation is 1. The van der Waals surface area contributed by atoms with Crippen molar-refractivity contribution >= 4 is 50.7 Å². The summed E-state index contributed by atoms with van der Waals surface area (Å²) in [5.74, 6) is -1.26. The van der Waals surface area contributed by atoms with E-state index in [0.29, 0.717) is 10.4 Å². The lowest BCUT2D eigenvalue weighted by Crippen LogP contribution is -2.32. The maximum Gasteiger partial charge on any atom is 0.416 e. The molecule has 12 heteroatoms. The maximum absolute atomic E-state index is 13.2. The molecule has 3 aromatic rings. The minimum absolute atomic E-state index is 0.0840. The summed E-state index contributed by atoms with van der Waals surface area (Å²) in [6, 6.07) is 1.44. The highest BCUT2D eigenvalue weighted by atomic mass is 35.5. The van der Waals surface area contributed by atoms with Gasteiger partial charge >= 0.3 is 12.1 Å². The normalized spacial score (nSPS) is 15.6. The number of anilines is 1. The number of nitrogens with zero attached hydrogens (tertiary/aromatic N) is 2. The van der Waals surface area contributed by atoms with Crippen molar-refractivity contribution in [3.8, 4) is 0 Å². The molecule has 192 valence electrons. The van der Waals surface area contributed by atoms with Gasteiger partial charge in [-0.15, -0.1) is 11.3 Å². The second-order valence-corrected chi connectivity index (χ2v) is 10.1. The van der Waals surface area contributed by atoms with E-state index in [1.165, 1.54) is 13.3 Å². The SMILES string of the molecule is Cc1c(C(=O)OC2CCCCC2)sc2ncn(C(C)C(=O)Nc3cc(C(F)(F)F)ccc3Cl)c(=O)c12. The number of carbonyl (C=O) groups excluding carboxylic acids is 2. The van der Waals surface area contributed by atoms with Gasteiger partial charge in [0, 0.05) is 0 Å². The predicted octanol–water partition coefficient (Wildman–Crippen LogP) is 6.13. The van der Waals surface area contributed by atoms with Crippen molar-refractivity contribution in [2.24, 2.45) is 0 Å². The highest BCUT2D eigenvalue weighted by molar-refractivity contribution is 7.20. The maximum atomic E-state index is 13.2. The van der Waals surface area contributed by atoms with Crippen LogP contribution in [0.1, 0.15) is 65.9 Å². The van der Waals surface area contributed by atoms with Gasteiger partial charge in [-0.1, -0.05) is 18.0 Å². The Balaban J connectivity index is 1.59. The van der Waals surface area contributed by atoms with E-state index in [-0.39, 0.29) is 27.1 Å². The van der Waals surface area contributed by atoms with Crippen LogP contribution >= 0.6 is 22.9 Å². The fraction of sp³-hybridized carbons (Fsp3) is 0.417. The third kappa shape index (κ3) is 5.27. The Kier molecular flexibility index (Phi) is 7.42. The van der Waals surface area contributed by atoms with Gasteiger partial charge in [-0.25, -0.2) is 9.78 Å². The van der Waals surface area contributed by atoms with Crippen molar-refractivity contribution in [2.75, 3.05) is 5.32 Å². The number of thiophene rings is 1. The van der Waals surface area contributed by atoms with Crippen molar-refractivity contribution in [2.45, 2.75) is 64.3 Å². The van der Waals surface area contributed by atoms with E-state index in [2.05, 4.69) is 10.3 Å². The number of rotatable bonds is 5. The zero-order valence-electron chi connectivity index (χ0n) is 19.4. The summed E-state index contributed by atoms with van der Waals surface area (Å²) in [7, 11) is 0. The van der Waals surface area contributed by atoms with E-state index < -0.39 is 35.2 Å². The lowest BCUT2D eigenvalue weighted by Gasteiger charge is -2.21. The molecule has 1 aliphatic rings. The summed E-state index contributed by atoms with van der Waals surface area (Å²) in [6.07, 6.45) is 1.15. The summed E-state index contributed by atoms with van der Waals surface area (Å²) >= 11 is 7.02. The Bertz CT molecular complexity index is 1380. The van der Waals surface area contributed by atoms with Gasteiger partial charge in [0.2, 0.25) is 5.91 Å². The van der Waals surface area contributed by atoms with Crippen LogP contribution in [0, 0.1) is 6.92 Å². The summed E-state index contributed by atoms with van der Waals surface area (Å²) in [5.41, 5.74) is -1.35. The van der Waals surface area contributed by atoms with Crippen LogP contribution in [-0.2, 0) is 15.7 Å². The molecule has 1 N–H and O–H groups in total. The number of aromatic nitrogens is 2. The van der Waals surface area contributed by atoms with E-state index in [1.807, 2.05) is 0 Å². The molecule has 2 heterocycles. The second kappa shape index (κ2) is 10.2. The fourth-order valence-electron chi connectivity index (χ4n) is 4.16. The quantitative estimate of drug-likeness (QED) is 0.393. The zero-order valence-corrected chi connectivity index (χ0v) is 21.0.